The summed E-state index contributed by atoms with van der Waals surface area (Å²) in [6, 6.07) is 7.63. The van der Waals surface area contributed by atoms with Gasteiger partial charge in [-0.3, -0.25) is 0 Å². The highest BCUT2D eigenvalue weighted by Gasteiger charge is 1.97. The fraction of sp³-hybridized carbons (Fsp3) is 0.333. The van der Waals surface area contributed by atoms with E-state index in [0.717, 1.165) is 10.6 Å². The molecule has 4 heteroatoms. The van der Waals surface area contributed by atoms with Crippen LogP contribution >= 0.6 is 24.0 Å². The Labute approximate surface area is 89.4 Å². The van der Waals surface area contributed by atoms with E-state index in [-0.39, 0.29) is 12.4 Å². The van der Waals surface area contributed by atoms with Crippen molar-refractivity contribution in [2.45, 2.75) is 6.61 Å². The Bertz CT molecular complexity index is 243. The van der Waals surface area contributed by atoms with Gasteiger partial charge in [0.05, 0.1) is 13.2 Å². The quantitative estimate of drug-likeness (QED) is 0.793. The summed E-state index contributed by atoms with van der Waals surface area (Å²) in [7, 11) is 0. The minimum atomic E-state index is 0. The Balaban J connectivity index is 0.00000144. The average molecular weight is 222 g/mol. The lowest BCUT2D eigenvalue weighted by Gasteiger charge is -2.03. The minimum Gasteiger partial charge on any atom is -0.375 e. The van der Waals surface area contributed by atoms with E-state index in [0.29, 0.717) is 19.8 Å². The molecule has 1 rings (SSSR count). The van der Waals surface area contributed by atoms with Crippen LogP contribution in [-0.2, 0) is 11.3 Å². The summed E-state index contributed by atoms with van der Waals surface area (Å²) in [4.78, 5) is 0. The van der Waals surface area contributed by atoms with Crippen molar-refractivity contribution in [2.75, 3.05) is 13.2 Å². The van der Waals surface area contributed by atoms with E-state index >= 15 is 0 Å². The van der Waals surface area contributed by atoms with Crippen molar-refractivity contribution < 1.29 is 4.74 Å². The van der Waals surface area contributed by atoms with E-state index in [9.17, 15) is 0 Å². The van der Waals surface area contributed by atoms with Crippen LogP contribution in [0.4, 0.5) is 0 Å². The summed E-state index contributed by atoms with van der Waals surface area (Å²) in [5.74, 6) is 0. The molecule has 0 heterocycles. The lowest BCUT2D eigenvalue weighted by Crippen LogP contribution is -2.08. The fourth-order valence-corrected chi connectivity index (χ4v) is 1.07. The third-order valence-corrected chi connectivity index (χ3v) is 1.85. The van der Waals surface area contributed by atoms with Gasteiger partial charge in [0.1, 0.15) is 0 Å². The predicted molar refractivity (Wildman–Crippen MR) is 57.4 cm³/mol. The van der Waals surface area contributed by atoms with Crippen molar-refractivity contribution in [3.8, 4) is 0 Å². The Morgan fingerprint density at radius 3 is 2.62 bits per heavy atom. The predicted octanol–water partition coefficient (Wildman–Crippen LogP) is 2.24. The maximum absolute atomic E-state index is 5.89. The number of hydrogen-bond donors (Lipinski definition) is 1. The van der Waals surface area contributed by atoms with Crippen LogP contribution in [0.15, 0.2) is 24.3 Å². The monoisotopic (exact) mass is 221 g/mol. The van der Waals surface area contributed by atoms with E-state index in [1.54, 1.807) is 0 Å². The molecule has 0 saturated heterocycles. The van der Waals surface area contributed by atoms with Crippen LogP contribution in [0.5, 0.6) is 0 Å². The second kappa shape index (κ2) is 7.15. The molecule has 2 N–H and O–H groups in total. The highest BCUT2D eigenvalue weighted by molar-refractivity contribution is 6.31. The van der Waals surface area contributed by atoms with Crippen LogP contribution in [-0.4, -0.2) is 13.2 Å². The molecule has 0 spiro atoms. The number of benzene rings is 1. The molecule has 0 amide bonds. The van der Waals surface area contributed by atoms with Crippen LogP contribution in [0.3, 0.4) is 0 Å². The fourth-order valence-electron chi connectivity index (χ4n) is 0.881. The first kappa shape index (κ1) is 12.7. The van der Waals surface area contributed by atoms with Crippen LogP contribution in [0, 0.1) is 0 Å². The van der Waals surface area contributed by atoms with Crippen LogP contribution in [0.2, 0.25) is 5.02 Å². The molecule has 0 unspecified atom stereocenters. The van der Waals surface area contributed by atoms with Crippen molar-refractivity contribution in [1.29, 1.82) is 0 Å². The van der Waals surface area contributed by atoms with Crippen molar-refractivity contribution in [1.82, 2.24) is 0 Å². The highest BCUT2D eigenvalue weighted by atomic mass is 35.5. The molecule has 13 heavy (non-hydrogen) atoms. The molecule has 1 aromatic carbocycles. The van der Waals surface area contributed by atoms with Gasteiger partial charge in [0, 0.05) is 11.6 Å². The van der Waals surface area contributed by atoms with Gasteiger partial charge in [0.2, 0.25) is 0 Å². The van der Waals surface area contributed by atoms with E-state index < -0.39 is 0 Å². The summed E-state index contributed by atoms with van der Waals surface area (Å²) >= 11 is 5.89. The molecule has 0 aliphatic heterocycles. The molecule has 74 valence electrons. The zero-order valence-electron chi connectivity index (χ0n) is 7.20. The summed E-state index contributed by atoms with van der Waals surface area (Å²) in [6.45, 7) is 1.66. The van der Waals surface area contributed by atoms with Gasteiger partial charge >= 0.3 is 0 Å². The third kappa shape index (κ3) is 4.48. The molecule has 0 saturated carbocycles. The lowest BCUT2D eigenvalue weighted by molar-refractivity contribution is 0.128. The van der Waals surface area contributed by atoms with Crippen molar-refractivity contribution in [3.63, 3.8) is 0 Å². The number of rotatable bonds is 4. The smallest absolute Gasteiger partial charge is 0.0731 e. The Morgan fingerprint density at radius 2 is 2.00 bits per heavy atom. The largest absolute Gasteiger partial charge is 0.375 e. The lowest BCUT2D eigenvalue weighted by atomic mass is 10.2. The highest BCUT2D eigenvalue weighted by Crippen LogP contribution is 2.15. The Hall–Kier alpha value is -0.280. The molecule has 0 aliphatic carbocycles. The van der Waals surface area contributed by atoms with Gasteiger partial charge in [0.15, 0.2) is 0 Å². The van der Waals surface area contributed by atoms with Crippen LogP contribution < -0.4 is 5.73 Å². The zero-order chi connectivity index (χ0) is 8.81. The van der Waals surface area contributed by atoms with Gasteiger partial charge in [-0.2, -0.15) is 0 Å². The maximum Gasteiger partial charge on any atom is 0.0731 e. The third-order valence-electron chi connectivity index (χ3n) is 1.48. The second-order valence-electron chi connectivity index (χ2n) is 2.43. The first-order valence-corrected chi connectivity index (χ1v) is 4.23. The topological polar surface area (TPSA) is 35.2 Å². The molecule has 2 nitrogen and oxygen atoms in total. The SMILES string of the molecule is Cl.NCCOCc1ccccc1Cl. The standard InChI is InChI=1S/C9H12ClNO.ClH/c10-9-4-2-1-3-8(9)7-12-6-5-11;/h1-4H,5-7,11H2;1H. The molecular formula is C9H13Cl2NO. The molecule has 0 fully saturated rings. The van der Waals surface area contributed by atoms with Gasteiger partial charge < -0.3 is 10.5 Å². The summed E-state index contributed by atoms with van der Waals surface area (Å²) in [5, 5.41) is 0.745. The van der Waals surface area contributed by atoms with E-state index in [2.05, 4.69) is 0 Å². The first-order valence-electron chi connectivity index (χ1n) is 3.86. The Kier molecular flexibility index (Phi) is 7.00. The Morgan fingerprint density at radius 1 is 1.31 bits per heavy atom. The molecule has 0 atom stereocenters. The number of ether oxygens (including phenoxy) is 1. The van der Waals surface area contributed by atoms with Crippen molar-refractivity contribution in [3.05, 3.63) is 34.9 Å². The molecule has 0 radical (unpaired) electrons. The van der Waals surface area contributed by atoms with Gasteiger partial charge in [-0.15, -0.1) is 12.4 Å². The minimum absolute atomic E-state index is 0. The molecule has 1 aromatic rings. The van der Waals surface area contributed by atoms with Crippen LogP contribution in [0.25, 0.3) is 0 Å². The van der Waals surface area contributed by atoms with E-state index in [1.807, 2.05) is 24.3 Å². The number of halogens is 2. The summed E-state index contributed by atoms with van der Waals surface area (Å²) < 4.78 is 5.24. The number of hydrogen-bond acceptors (Lipinski definition) is 2. The average Bonchev–Trinajstić information content (AvgIpc) is 2.09. The van der Waals surface area contributed by atoms with Gasteiger partial charge in [0.25, 0.3) is 0 Å². The summed E-state index contributed by atoms with van der Waals surface area (Å²) in [5.41, 5.74) is 6.28. The second-order valence-corrected chi connectivity index (χ2v) is 2.84. The molecule has 0 aromatic heterocycles. The van der Waals surface area contributed by atoms with E-state index in [4.69, 9.17) is 22.1 Å². The molecule has 0 bridgehead atoms. The molecular weight excluding hydrogens is 209 g/mol. The van der Waals surface area contributed by atoms with Crippen molar-refractivity contribution in [2.24, 2.45) is 5.73 Å². The molecule has 0 aliphatic rings. The van der Waals surface area contributed by atoms with Gasteiger partial charge in [-0.05, 0) is 11.6 Å². The summed E-state index contributed by atoms with van der Waals surface area (Å²) in [6.07, 6.45) is 0. The van der Waals surface area contributed by atoms with Crippen LogP contribution in [0.1, 0.15) is 5.56 Å². The van der Waals surface area contributed by atoms with Crippen molar-refractivity contribution >= 4 is 24.0 Å². The van der Waals surface area contributed by atoms with E-state index in [1.165, 1.54) is 0 Å². The normalized spacial score (nSPS) is 9.38. The van der Waals surface area contributed by atoms with Gasteiger partial charge in [-0.25, -0.2) is 0 Å². The number of nitrogens with two attached hydrogens (primary N) is 1. The maximum atomic E-state index is 5.89. The first-order chi connectivity index (χ1) is 5.84. The zero-order valence-corrected chi connectivity index (χ0v) is 8.77. The van der Waals surface area contributed by atoms with Gasteiger partial charge in [-0.1, -0.05) is 29.8 Å².